The van der Waals surface area contributed by atoms with Gasteiger partial charge in [-0.05, 0) is 17.9 Å². The molecule has 4 nitrogen and oxygen atoms in total. The predicted octanol–water partition coefficient (Wildman–Crippen LogP) is 3.40. The molecule has 1 aliphatic heterocycles. The Labute approximate surface area is 126 Å². The molecule has 0 aromatic heterocycles. The molecule has 0 spiro atoms. The van der Waals surface area contributed by atoms with Crippen molar-refractivity contribution in [3.05, 3.63) is 35.9 Å². The van der Waals surface area contributed by atoms with Crippen LogP contribution >= 0.6 is 0 Å². The van der Waals surface area contributed by atoms with Crippen molar-refractivity contribution in [2.45, 2.75) is 45.6 Å². The van der Waals surface area contributed by atoms with Gasteiger partial charge in [0.15, 0.2) is 0 Å². The number of benzene rings is 1. The van der Waals surface area contributed by atoms with Gasteiger partial charge in [0.05, 0.1) is 6.04 Å². The molecule has 0 aliphatic carbocycles. The zero-order valence-corrected chi connectivity index (χ0v) is 12.7. The quantitative estimate of drug-likeness (QED) is 0.806. The molecule has 1 heterocycles. The Morgan fingerprint density at radius 2 is 1.95 bits per heavy atom. The molecule has 1 saturated heterocycles. The molecule has 1 aromatic carbocycles. The molecule has 21 heavy (non-hydrogen) atoms. The molecule has 1 fully saturated rings. The number of carbonyl (C=O) groups is 2. The van der Waals surface area contributed by atoms with E-state index < -0.39 is 6.09 Å². The highest BCUT2D eigenvalue weighted by Gasteiger charge is 2.38. The molecule has 2 amide bonds. The highest BCUT2D eigenvalue weighted by molar-refractivity contribution is 5.93. The highest BCUT2D eigenvalue weighted by atomic mass is 16.6. The summed E-state index contributed by atoms with van der Waals surface area (Å²) in [5.74, 6) is 0.232. The number of hydrogen-bond acceptors (Lipinski definition) is 3. The van der Waals surface area contributed by atoms with Crippen molar-refractivity contribution < 1.29 is 14.3 Å². The van der Waals surface area contributed by atoms with Crippen LogP contribution in [0, 0.1) is 5.92 Å². The summed E-state index contributed by atoms with van der Waals surface area (Å²) in [5, 5.41) is 0. The standard InChI is InChI=1S/C17H23NO3/c1-3-13(4-2)11-16(19)18-15(12-21-17(18)20)10-14-8-6-5-7-9-14/h5-9,13,15H,3-4,10-12H2,1-2H3/t15-/m0/s1. The minimum atomic E-state index is -0.494. The summed E-state index contributed by atoms with van der Waals surface area (Å²) < 4.78 is 5.09. The maximum absolute atomic E-state index is 12.4. The van der Waals surface area contributed by atoms with E-state index in [4.69, 9.17) is 4.74 Å². The Bertz CT molecular complexity index is 482. The molecule has 114 valence electrons. The molecule has 0 unspecified atom stereocenters. The summed E-state index contributed by atoms with van der Waals surface area (Å²) in [6, 6.07) is 9.71. The van der Waals surface area contributed by atoms with Gasteiger partial charge in [-0.1, -0.05) is 57.0 Å². The molecule has 2 rings (SSSR count). The number of nitrogens with zero attached hydrogens (tertiary/aromatic N) is 1. The number of rotatable bonds is 6. The predicted molar refractivity (Wildman–Crippen MR) is 80.8 cm³/mol. The largest absolute Gasteiger partial charge is 0.447 e. The number of cyclic esters (lactones) is 1. The van der Waals surface area contributed by atoms with Crippen LogP contribution in [0.4, 0.5) is 4.79 Å². The highest BCUT2D eigenvalue weighted by Crippen LogP contribution is 2.21. The van der Waals surface area contributed by atoms with Gasteiger partial charge >= 0.3 is 6.09 Å². The Hall–Kier alpha value is -1.84. The van der Waals surface area contributed by atoms with E-state index in [0.717, 1.165) is 18.4 Å². The molecule has 1 aliphatic rings. The smallest absolute Gasteiger partial charge is 0.416 e. The van der Waals surface area contributed by atoms with Gasteiger partial charge in [-0.15, -0.1) is 0 Å². The summed E-state index contributed by atoms with van der Waals surface area (Å²) >= 11 is 0. The fraction of sp³-hybridized carbons (Fsp3) is 0.529. The van der Waals surface area contributed by atoms with Gasteiger partial charge in [-0.25, -0.2) is 9.69 Å². The van der Waals surface area contributed by atoms with Crippen LogP contribution < -0.4 is 0 Å². The van der Waals surface area contributed by atoms with Crippen molar-refractivity contribution in [3.8, 4) is 0 Å². The summed E-state index contributed by atoms with van der Waals surface area (Å²) in [5.41, 5.74) is 1.11. The van der Waals surface area contributed by atoms with E-state index in [-0.39, 0.29) is 11.9 Å². The van der Waals surface area contributed by atoms with Crippen LogP contribution in [0.2, 0.25) is 0 Å². The maximum Gasteiger partial charge on any atom is 0.416 e. The molecule has 1 atom stereocenters. The van der Waals surface area contributed by atoms with Crippen molar-refractivity contribution >= 4 is 12.0 Å². The lowest BCUT2D eigenvalue weighted by atomic mass is 9.98. The van der Waals surface area contributed by atoms with Crippen molar-refractivity contribution in [2.75, 3.05) is 6.61 Å². The van der Waals surface area contributed by atoms with E-state index in [1.54, 1.807) is 0 Å². The molecule has 0 saturated carbocycles. The second kappa shape index (κ2) is 7.25. The SMILES string of the molecule is CCC(CC)CC(=O)N1C(=O)OC[C@@H]1Cc1ccccc1. The fourth-order valence-electron chi connectivity index (χ4n) is 2.73. The van der Waals surface area contributed by atoms with Gasteiger partial charge in [0.25, 0.3) is 0 Å². The van der Waals surface area contributed by atoms with Crippen LogP contribution in [0.1, 0.15) is 38.7 Å². The van der Waals surface area contributed by atoms with Crippen LogP contribution in [-0.4, -0.2) is 29.5 Å². The van der Waals surface area contributed by atoms with Gasteiger partial charge < -0.3 is 4.74 Å². The van der Waals surface area contributed by atoms with Crippen molar-refractivity contribution in [2.24, 2.45) is 5.92 Å². The van der Waals surface area contributed by atoms with E-state index in [0.29, 0.717) is 25.4 Å². The third kappa shape index (κ3) is 3.84. The molecular formula is C17H23NO3. The van der Waals surface area contributed by atoms with Crippen molar-refractivity contribution in [1.29, 1.82) is 0 Å². The molecule has 0 N–H and O–H groups in total. The number of carbonyl (C=O) groups excluding carboxylic acids is 2. The number of ether oxygens (including phenoxy) is 1. The lowest BCUT2D eigenvalue weighted by molar-refractivity contribution is -0.130. The van der Waals surface area contributed by atoms with E-state index in [2.05, 4.69) is 13.8 Å². The summed E-state index contributed by atoms with van der Waals surface area (Å²) in [6.07, 6.45) is 2.49. The van der Waals surface area contributed by atoms with Crippen molar-refractivity contribution in [3.63, 3.8) is 0 Å². The minimum absolute atomic E-state index is 0.105. The van der Waals surface area contributed by atoms with Crippen LogP contribution in [0.5, 0.6) is 0 Å². The fourth-order valence-corrected chi connectivity index (χ4v) is 2.73. The Morgan fingerprint density at radius 1 is 1.29 bits per heavy atom. The first-order chi connectivity index (χ1) is 10.2. The topological polar surface area (TPSA) is 46.6 Å². The third-order valence-electron chi connectivity index (χ3n) is 4.16. The molecule has 1 aromatic rings. The van der Waals surface area contributed by atoms with Gasteiger partial charge in [-0.2, -0.15) is 0 Å². The lowest BCUT2D eigenvalue weighted by Crippen LogP contribution is -2.40. The average molecular weight is 289 g/mol. The molecular weight excluding hydrogens is 266 g/mol. The van der Waals surface area contributed by atoms with Gasteiger partial charge in [0.1, 0.15) is 6.61 Å². The average Bonchev–Trinajstić information content (AvgIpc) is 2.86. The number of imide groups is 1. The van der Waals surface area contributed by atoms with Gasteiger partial charge in [0, 0.05) is 6.42 Å². The molecule has 4 heteroatoms. The maximum atomic E-state index is 12.4. The first-order valence-corrected chi connectivity index (χ1v) is 7.68. The Balaban J connectivity index is 2.04. The number of amides is 2. The lowest BCUT2D eigenvalue weighted by Gasteiger charge is -2.22. The summed E-state index contributed by atoms with van der Waals surface area (Å²) in [7, 11) is 0. The van der Waals surface area contributed by atoms with Crippen LogP contribution in [0.25, 0.3) is 0 Å². The third-order valence-corrected chi connectivity index (χ3v) is 4.16. The normalized spacial score (nSPS) is 18.1. The van der Waals surface area contributed by atoms with Crippen LogP contribution in [0.15, 0.2) is 30.3 Å². The Morgan fingerprint density at radius 3 is 2.57 bits per heavy atom. The first-order valence-electron chi connectivity index (χ1n) is 7.68. The van der Waals surface area contributed by atoms with E-state index in [9.17, 15) is 9.59 Å². The zero-order valence-electron chi connectivity index (χ0n) is 12.7. The van der Waals surface area contributed by atoms with Gasteiger partial charge in [0.2, 0.25) is 5.91 Å². The summed E-state index contributed by atoms with van der Waals surface area (Å²) in [4.78, 5) is 25.6. The molecule has 0 radical (unpaired) electrons. The second-order valence-electron chi connectivity index (χ2n) is 5.57. The number of hydrogen-bond donors (Lipinski definition) is 0. The van der Waals surface area contributed by atoms with E-state index in [1.807, 2.05) is 30.3 Å². The monoisotopic (exact) mass is 289 g/mol. The van der Waals surface area contributed by atoms with E-state index in [1.165, 1.54) is 4.90 Å². The van der Waals surface area contributed by atoms with Gasteiger partial charge in [-0.3, -0.25) is 4.79 Å². The van der Waals surface area contributed by atoms with E-state index >= 15 is 0 Å². The van der Waals surface area contributed by atoms with Crippen LogP contribution in [0.3, 0.4) is 0 Å². The minimum Gasteiger partial charge on any atom is -0.447 e. The molecule has 0 bridgehead atoms. The Kier molecular flexibility index (Phi) is 5.37. The zero-order chi connectivity index (χ0) is 15.2. The van der Waals surface area contributed by atoms with Crippen molar-refractivity contribution in [1.82, 2.24) is 4.90 Å². The first kappa shape index (κ1) is 15.5. The summed E-state index contributed by atoms with van der Waals surface area (Å²) in [6.45, 7) is 4.44. The second-order valence-corrected chi connectivity index (χ2v) is 5.57. The van der Waals surface area contributed by atoms with Crippen LogP contribution in [-0.2, 0) is 16.0 Å².